The largest absolute Gasteiger partial charge is 0.490 e. The van der Waals surface area contributed by atoms with Crippen molar-refractivity contribution in [3.8, 4) is 5.75 Å². The number of anilines is 2. The molecule has 1 N–H and O–H groups in total. The highest BCUT2D eigenvalue weighted by Crippen LogP contribution is 2.39. The number of nitrogens with one attached hydrogen (secondary N) is 1. The zero-order chi connectivity index (χ0) is 22.1. The normalized spacial score (nSPS) is 16.1. The van der Waals surface area contributed by atoms with E-state index in [1.54, 1.807) is 35.2 Å². The maximum Gasteiger partial charge on any atom is 0.261 e. The third-order valence-electron chi connectivity index (χ3n) is 4.95. The number of nitrogens with zero attached hydrogens (tertiary/aromatic N) is 1. The molecule has 8 heteroatoms. The summed E-state index contributed by atoms with van der Waals surface area (Å²) < 4.78 is 34.0. The van der Waals surface area contributed by atoms with Crippen LogP contribution in [0.15, 0.2) is 47.4 Å². The summed E-state index contributed by atoms with van der Waals surface area (Å²) in [5.41, 5.74) is 0.230. The number of hydrogen-bond acceptors (Lipinski definition) is 4. The second-order valence-corrected chi connectivity index (χ2v) is 10.7. The van der Waals surface area contributed by atoms with Gasteiger partial charge in [0.05, 0.1) is 21.7 Å². The molecule has 0 atom stereocenters. The minimum Gasteiger partial charge on any atom is -0.490 e. The first-order valence-electron chi connectivity index (χ1n) is 9.87. The summed E-state index contributed by atoms with van der Waals surface area (Å²) in [5, 5.41) is 0.334. The number of hydrogen-bond donors (Lipinski definition) is 1. The molecule has 0 radical (unpaired) electrons. The second kappa shape index (κ2) is 8.47. The van der Waals surface area contributed by atoms with E-state index in [0.717, 1.165) is 6.42 Å². The Hall–Kier alpha value is -2.25. The third kappa shape index (κ3) is 4.90. The lowest BCUT2D eigenvalue weighted by Gasteiger charge is -2.28. The van der Waals surface area contributed by atoms with E-state index in [4.69, 9.17) is 16.3 Å². The van der Waals surface area contributed by atoms with Gasteiger partial charge in [-0.05, 0) is 62.6 Å². The van der Waals surface area contributed by atoms with Crippen molar-refractivity contribution in [2.45, 2.75) is 39.0 Å². The van der Waals surface area contributed by atoms with Crippen LogP contribution in [0, 0.1) is 11.3 Å². The van der Waals surface area contributed by atoms with Crippen LogP contribution >= 0.6 is 11.6 Å². The van der Waals surface area contributed by atoms with Crippen molar-refractivity contribution in [3.63, 3.8) is 0 Å². The highest BCUT2D eigenvalue weighted by Gasteiger charge is 2.37. The fraction of sp³-hybridized carbons (Fsp3) is 0.409. The SMILES string of the molecule is CC(C)CCN1C(=O)C(C)(C)COc2ccc(NS(=O)(=O)c3cccc(Cl)c3)cc21. The Morgan fingerprint density at radius 3 is 2.60 bits per heavy atom. The van der Waals surface area contributed by atoms with Crippen LogP contribution in [0.1, 0.15) is 34.1 Å². The monoisotopic (exact) mass is 450 g/mol. The van der Waals surface area contributed by atoms with Crippen LogP contribution in [0.5, 0.6) is 5.75 Å². The van der Waals surface area contributed by atoms with E-state index in [-0.39, 0.29) is 17.4 Å². The van der Waals surface area contributed by atoms with E-state index in [0.29, 0.717) is 34.6 Å². The molecule has 0 bridgehead atoms. The number of carbonyl (C=O) groups is 1. The van der Waals surface area contributed by atoms with Gasteiger partial charge in [-0.2, -0.15) is 0 Å². The van der Waals surface area contributed by atoms with Gasteiger partial charge in [-0.1, -0.05) is 31.5 Å². The van der Waals surface area contributed by atoms with Crippen molar-refractivity contribution in [2.24, 2.45) is 11.3 Å². The molecular formula is C22H27ClN2O4S. The molecule has 0 fully saturated rings. The van der Waals surface area contributed by atoms with E-state index in [1.165, 1.54) is 12.1 Å². The molecule has 6 nitrogen and oxygen atoms in total. The number of amides is 1. The molecule has 1 aliphatic rings. The highest BCUT2D eigenvalue weighted by atomic mass is 35.5. The summed E-state index contributed by atoms with van der Waals surface area (Å²) in [6, 6.07) is 11.0. The topological polar surface area (TPSA) is 75.7 Å². The van der Waals surface area contributed by atoms with Crippen LogP contribution in [0.3, 0.4) is 0 Å². The molecular weight excluding hydrogens is 424 g/mol. The maximum atomic E-state index is 13.2. The summed E-state index contributed by atoms with van der Waals surface area (Å²) in [5.74, 6) is 0.929. The predicted octanol–water partition coefficient (Wildman–Crippen LogP) is 4.94. The lowest BCUT2D eigenvalue weighted by molar-refractivity contribution is -0.127. The zero-order valence-corrected chi connectivity index (χ0v) is 19.2. The summed E-state index contributed by atoms with van der Waals surface area (Å²) in [4.78, 5) is 15.0. The van der Waals surface area contributed by atoms with Crippen LogP contribution in [-0.2, 0) is 14.8 Å². The maximum absolute atomic E-state index is 13.2. The molecule has 3 rings (SSSR count). The first kappa shape index (κ1) is 22.4. The number of rotatable bonds is 6. The average molecular weight is 451 g/mol. The van der Waals surface area contributed by atoms with Crippen molar-refractivity contribution in [3.05, 3.63) is 47.5 Å². The lowest BCUT2D eigenvalue weighted by atomic mass is 9.92. The van der Waals surface area contributed by atoms with Crippen LogP contribution < -0.4 is 14.4 Å². The Labute approximate surface area is 183 Å². The van der Waals surface area contributed by atoms with Gasteiger partial charge < -0.3 is 9.64 Å². The molecule has 0 saturated carbocycles. The van der Waals surface area contributed by atoms with E-state index in [1.807, 2.05) is 13.8 Å². The van der Waals surface area contributed by atoms with Crippen molar-refractivity contribution in [1.82, 2.24) is 0 Å². The Morgan fingerprint density at radius 2 is 1.93 bits per heavy atom. The smallest absolute Gasteiger partial charge is 0.261 e. The summed E-state index contributed by atoms with van der Waals surface area (Å²) in [6.45, 7) is 8.69. The van der Waals surface area contributed by atoms with Crippen LogP contribution in [0.2, 0.25) is 5.02 Å². The molecule has 30 heavy (non-hydrogen) atoms. The van der Waals surface area contributed by atoms with Crippen molar-refractivity contribution in [1.29, 1.82) is 0 Å². The molecule has 0 unspecified atom stereocenters. The number of ether oxygens (including phenoxy) is 1. The van der Waals surface area contributed by atoms with Crippen LogP contribution in [-0.4, -0.2) is 27.5 Å². The molecule has 1 amide bonds. The van der Waals surface area contributed by atoms with Gasteiger partial charge in [0.1, 0.15) is 12.4 Å². The molecule has 0 spiro atoms. The number of fused-ring (bicyclic) bond motifs is 1. The van der Waals surface area contributed by atoms with Gasteiger partial charge in [0, 0.05) is 11.6 Å². The Balaban J connectivity index is 1.98. The molecule has 1 aliphatic heterocycles. The first-order chi connectivity index (χ1) is 14.0. The third-order valence-corrected chi connectivity index (χ3v) is 6.57. The molecule has 1 heterocycles. The molecule has 162 valence electrons. The van der Waals surface area contributed by atoms with Gasteiger partial charge in [0.2, 0.25) is 5.91 Å². The van der Waals surface area contributed by atoms with Crippen LogP contribution in [0.25, 0.3) is 0 Å². The predicted molar refractivity (Wildman–Crippen MR) is 120 cm³/mol. The minimum absolute atomic E-state index is 0.0447. The first-order valence-corrected chi connectivity index (χ1v) is 11.7. The Kier molecular flexibility index (Phi) is 6.34. The minimum atomic E-state index is -3.83. The van der Waals surface area contributed by atoms with Gasteiger partial charge in [-0.25, -0.2) is 8.42 Å². The fourth-order valence-electron chi connectivity index (χ4n) is 3.17. The number of sulfonamides is 1. The summed E-state index contributed by atoms with van der Waals surface area (Å²) in [6.07, 6.45) is 0.819. The van der Waals surface area contributed by atoms with Gasteiger partial charge in [-0.15, -0.1) is 0 Å². The van der Waals surface area contributed by atoms with Crippen molar-refractivity contribution in [2.75, 3.05) is 22.8 Å². The highest BCUT2D eigenvalue weighted by molar-refractivity contribution is 7.92. The van der Waals surface area contributed by atoms with Crippen LogP contribution in [0.4, 0.5) is 11.4 Å². The molecule has 0 saturated heterocycles. The fourth-order valence-corrected chi connectivity index (χ4v) is 4.52. The summed E-state index contributed by atoms with van der Waals surface area (Å²) in [7, 11) is -3.83. The average Bonchev–Trinajstić information content (AvgIpc) is 2.75. The Bertz CT molecular complexity index is 1050. The molecule has 2 aromatic rings. The number of halogens is 1. The Morgan fingerprint density at radius 1 is 1.20 bits per heavy atom. The molecule has 0 aliphatic carbocycles. The van der Waals surface area contributed by atoms with Crippen molar-refractivity contribution >= 4 is 38.9 Å². The summed E-state index contributed by atoms with van der Waals surface area (Å²) >= 11 is 5.94. The van der Waals surface area contributed by atoms with Gasteiger partial charge in [-0.3, -0.25) is 9.52 Å². The van der Waals surface area contributed by atoms with Gasteiger partial charge in [0.15, 0.2) is 0 Å². The van der Waals surface area contributed by atoms with E-state index < -0.39 is 15.4 Å². The van der Waals surface area contributed by atoms with E-state index in [2.05, 4.69) is 18.6 Å². The quantitative estimate of drug-likeness (QED) is 0.676. The zero-order valence-electron chi connectivity index (χ0n) is 17.6. The standard InChI is InChI=1S/C22H27ClN2O4S/c1-15(2)10-11-25-19-13-17(8-9-20(19)29-14-22(3,4)21(25)26)24-30(27,28)18-7-5-6-16(23)12-18/h5-9,12-13,15,24H,10-11,14H2,1-4H3. The van der Waals surface area contributed by atoms with E-state index in [9.17, 15) is 13.2 Å². The second-order valence-electron chi connectivity index (χ2n) is 8.56. The molecule has 0 aromatic heterocycles. The number of benzene rings is 2. The van der Waals surface area contributed by atoms with Gasteiger partial charge >= 0.3 is 0 Å². The van der Waals surface area contributed by atoms with Crippen molar-refractivity contribution < 1.29 is 17.9 Å². The number of carbonyl (C=O) groups excluding carboxylic acids is 1. The van der Waals surface area contributed by atoms with E-state index >= 15 is 0 Å². The molecule has 2 aromatic carbocycles. The lowest BCUT2D eigenvalue weighted by Crippen LogP contribution is -2.42. The van der Waals surface area contributed by atoms with Gasteiger partial charge in [0.25, 0.3) is 10.0 Å².